The monoisotopic (exact) mass is 415 g/mol. The van der Waals surface area contributed by atoms with Gasteiger partial charge in [0, 0.05) is 24.7 Å². The molecule has 0 bridgehead atoms. The highest BCUT2D eigenvalue weighted by Crippen LogP contribution is 2.36. The topological polar surface area (TPSA) is 74.9 Å². The number of pyridine rings is 1. The second kappa shape index (κ2) is 7.87. The van der Waals surface area contributed by atoms with E-state index < -0.39 is 6.04 Å². The first kappa shape index (κ1) is 20.6. The molecule has 1 aromatic heterocycles. The van der Waals surface area contributed by atoms with E-state index in [1.165, 1.54) is 0 Å². The molecule has 1 unspecified atom stereocenters. The number of aromatic nitrogens is 1. The third-order valence-corrected chi connectivity index (χ3v) is 5.96. The maximum Gasteiger partial charge on any atom is 0.263 e. The number of carbonyl (C=O) groups excluding carboxylic acids is 1. The fourth-order valence-electron chi connectivity index (χ4n) is 4.24. The molecule has 158 valence electrons. The van der Waals surface area contributed by atoms with Gasteiger partial charge in [0.1, 0.15) is 23.1 Å². The Bertz CT molecular complexity index is 1300. The van der Waals surface area contributed by atoms with Crippen molar-refractivity contribution in [2.75, 3.05) is 7.05 Å². The van der Waals surface area contributed by atoms with Gasteiger partial charge < -0.3 is 14.6 Å². The highest BCUT2D eigenvalue weighted by atomic mass is 16.3. The van der Waals surface area contributed by atoms with Gasteiger partial charge in [0.2, 0.25) is 5.78 Å². The van der Waals surface area contributed by atoms with Gasteiger partial charge in [0.25, 0.3) is 5.56 Å². The lowest BCUT2D eigenvalue weighted by Gasteiger charge is -2.22. The summed E-state index contributed by atoms with van der Waals surface area (Å²) in [5.41, 5.74) is 2.72. The number of rotatable bonds is 4. The van der Waals surface area contributed by atoms with E-state index in [0.29, 0.717) is 28.9 Å². The number of carbonyl (C=O) groups is 1. The number of fused-ring (bicyclic) bond motifs is 1. The summed E-state index contributed by atoms with van der Waals surface area (Å²) >= 11 is 0. The van der Waals surface area contributed by atoms with Crippen LogP contribution in [0.5, 0.6) is 5.75 Å². The predicted molar refractivity (Wildman–Crippen MR) is 122 cm³/mol. The maximum atomic E-state index is 13.2. The van der Waals surface area contributed by atoms with Crippen LogP contribution in [-0.2, 0) is 11.3 Å². The number of benzene rings is 2. The fourth-order valence-corrected chi connectivity index (χ4v) is 4.24. The van der Waals surface area contributed by atoms with Crippen molar-refractivity contribution in [2.45, 2.75) is 33.4 Å². The molecule has 1 atom stereocenters. The number of aromatic hydroxyl groups is 1. The van der Waals surface area contributed by atoms with Crippen molar-refractivity contribution in [2.24, 2.45) is 4.99 Å². The smallest absolute Gasteiger partial charge is 0.263 e. The fraction of sp³-hybridized carbons (Fsp3) is 0.240. The Kier molecular flexibility index (Phi) is 5.23. The van der Waals surface area contributed by atoms with Crippen LogP contribution in [0.3, 0.4) is 0 Å². The van der Waals surface area contributed by atoms with E-state index in [1.807, 2.05) is 74.3 Å². The molecule has 1 N–H and O–H groups in total. The number of Topliss-reactive ketones (excluding diaryl/α,β-unsaturated/α-hetero) is 1. The van der Waals surface area contributed by atoms with Crippen LogP contribution < -0.4 is 5.56 Å². The third-order valence-electron chi connectivity index (χ3n) is 5.96. The summed E-state index contributed by atoms with van der Waals surface area (Å²) in [4.78, 5) is 32.9. The van der Waals surface area contributed by atoms with Crippen LogP contribution in [0, 0.1) is 0 Å². The Morgan fingerprint density at radius 2 is 1.71 bits per heavy atom. The molecule has 2 heterocycles. The lowest BCUT2D eigenvalue weighted by Crippen LogP contribution is -2.26. The Balaban J connectivity index is 1.85. The Hall–Kier alpha value is -3.67. The van der Waals surface area contributed by atoms with Crippen molar-refractivity contribution >= 4 is 22.4 Å². The molecule has 4 rings (SSSR count). The molecule has 0 amide bonds. The Morgan fingerprint density at radius 1 is 1.06 bits per heavy atom. The standard InChI is InChI=1S/C25H25N3O3/c1-5-28-19-14-10-9-13-18(19)23(29)20(25(28)31)15(2)26-21-16(3)27(4)22(24(21)30)17-11-7-6-8-12-17/h6-14,22,29H,5H2,1-4H3. The van der Waals surface area contributed by atoms with E-state index in [2.05, 4.69) is 4.99 Å². The van der Waals surface area contributed by atoms with E-state index in [4.69, 9.17) is 0 Å². The minimum Gasteiger partial charge on any atom is -0.506 e. The van der Waals surface area contributed by atoms with Crippen LogP contribution >= 0.6 is 0 Å². The molecule has 31 heavy (non-hydrogen) atoms. The summed E-state index contributed by atoms with van der Waals surface area (Å²) in [6, 6.07) is 16.3. The third kappa shape index (κ3) is 3.24. The number of para-hydroxylation sites is 1. The van der Waals surface area contributed by atoms with Gasteiger partial charge >= 0.3 is 0 Å². The zero-order valence-electron chi connectivity index (χ0n) is 18.1. The van der Waals surface area contributed by atoms with E-state index in [-0.39, 0.29) is 22.7 Å². The van der Waals surface area contributed by atoms with Gasteiger partial charge in [-0.15, -0.1) is 0 Å². The van der Waals surface area contributed by atoms with Crippen LogP contribution in [0.2, 0.25) is 0 Å². The van der Waals surface area contributed by atoms with Crippen molar-refractivity contribution in [3.05, 3.63) is 87.5 Å². The maximum absolute atomic E-state index is 13.2. The van der Waals surface area contributed by atoms with Crippen LogP contribution in [-0.4, -0.2) is 33.1 Å². The van der Waals surface area contributed by atoms with Crippen molar-refractivity contribution in [1.82, 2.24) is 9.47 Å². The van der Waals surface area contributed by atoms with Gasteiger partial charge in [-0.25, -0.2) is 4.99 Å². The summed E-state index contributed by atoms with van der Waals surface area (Å²) < 4.78 is 1.61. The molecule has 0 radical (unpaired) electrons. The molecule has 2 aromatic carbocycles. The van der Waals surface area contributed by atoms with Crippen LogP contribution in [0.1, 0.15) is 37.9 Å². The van der Waals surface area contributed by atoms with Gasteiger partial charge in [-0.3, -0.25) is 9.59 Å². The van der Waals surface area contributed by atoms with Crippen molar-refractivity contribution < 1.29 is 9.90 Å². The molecule has 1 aliphatic heterocycles. The first-order chi connectivity index (χ1) is 14.9. The van der Waals surface area contributed by atoms with E-state index in [9.17, 15) is 14.7 Å². The molecule has 6 heteroatoms. The SMILES string of the molecule is CCn1c(=O)c(C(C)=NC2=C(C)N(C)C(c3ccccc3)C2=O)c(O)c2ccccc21. The molecular weight excluding hydrogens is 390 g/mol. The van der Waals surface area contributed by atoms with Gasteiger partial charge in [-0.05, 0) is 38.5 Å². The minimum absolute atomic E-state index is 0.108. The summed E-state index contributed by atoms with van der Waals surface area (Å²) in [5, 5.41) is 11.5. The molecule has 0 fully saturated rings. The number of nitrogens with zero attached hydrogens (tertiary/aromatic N) is 3. The van der Waals surface area contributed by atoms with E-state index >= 15 is 0 Å². The quantitative estimate of drug-likeness (QED) is 0.653. The first-order valence-electron chi connectivity index (χ1n) is 10.3. The first-order valence-corrected chi connectivity index (χ1v) is 10.3. The van der Waals surface area contributed by atoms with E-state index in [0.717, 1.165) is 11.3 Å². The van der Waals surface area contributed by atoms with Gasteiger partial charge in [-0.2, -0.15) is 0 Å². The van der Waals surface area contributed by atoms with Crippen LogP contribution in [0.4, 0.5) is 0 Å². The minimum atomic E-state index is -0.453. The number of allylic oxidation sites excluding steroid dienone is 1. The average molecular weight is 415 g/mol. The lowest BCUT2D eigenvalue weighted by atomic mass is 10.0. The zero-order valence-corrected chi connectivity index (χ0v) is 18.1. The van der Waals surface area contributed by atoms with Crippen LogP contribution in [0.25, 0.3) is 10.9 Å². The number of hydrogen-bond acceptors (Lipinski definition) is 5. The molecule has 0 saturated carbocycles. The number of aliphatic imine (C=N–C) groups is 1. The summed E-state index contributed by atoms with van der Waals surface area (Å²) in [5.74, 6) is -0.232. The van der Waals surface area contributed by atoms with E-state index in [1.54, 1.807) is 17.6 Å². The predicted octanol–water partition coefficient (Wildman–Crippen LogP) is 4.02. The lowest BCUT2D eigenvalue weighted by molar-refractivity contribution is -0.118. The summed E-state index contributed by atoms with van der Waals surface area (Å²) in [6.45, 7) is 5.85. The summed E-state index contributed by atoms with van der Waals surface area (Å²) in [6.07, 6.45) is 0. The Morgan fingerprint density at radius 3 is 2.39 bits per heavy atom. The highest BCUT2D eigenvalue weighted by molar-refractivity contribution is 6.10. The van der Waals surface area contributed by atoms with Gasteiger partial charge in [0.15, 0.2) is 0 Å². The number of aryl methyl sites for hydroxylation is 1. The number of ketones is 1. The molecule has 6 nitrogen and oxygen atoms in total. The molecule has 0 spiro atoms. The second-order valence-electron chi connectivity index (χ2n) is 7.71. The molecule has 1 aliphatic rings. The zero-order chi connectivity index (χ0) is 22.3. The Labute approximate surface area is 180 Å². The molecular formula is C25H25N3O3. The largest absolute Gasteiger partial charge is 0.506 e. The number of hydrogen-bond donors (Lipinski definition) is 1. The second-order valence-corrected chi connectivity index (χ2v) is 7.71. The van der Waals surface area contributed by atoms with Crippen molar-refractivity contribution in [1.29, 1.82) is 0 Å². The molecule has 0 aliphatic carbocycles. The highest BCUT2D eigenvalue weighted by Gasteiger charge is 2.37. The molecule has 0 saturated heterocycles. The average Bonchev–Trinajstić information content (AvgIpc) is 2.98. The molecule has 3 aromatic rings. The van der Waals surface area contributed by atoms with Gasteiger partial charge in [-0.1, -0.05) is 42.5 Å². The number of likely N-dealkylation sites (N-methyl/N-ethyl adjacent to an activating group) is 1. The van der Waals surface area contributed by atoms with Crippen molar-refractivity contribution in [3.63, 3.8) is 0 Å². The van der Waals surface area contributed by atoms with Crippen molar-refractivity contribution in [3.8, 4) is 5.75 Å². The van der Waals surface area contributed by atoms with Gasteiger partial charge in [0.05, 0.1) is 11.2 Å². The normalized spacial score (nSPS) is 17.2. The van der Waals surface area contributed by atoms with Crippen LogP contribution in [0.15, 0.2) is 75.8 Å². The summed E-state index contributed by atoms with van der Waals surface area (Å²) in [7, 11) is 1.86.